The second-order valence-corrected chi connectivity index (χ2v) is 6.15. The largest absolute Gasteiger partial charge is 0.478 e. The normalized spacial score (nSPS) is 11.3. The third kappa shape index (κ3) is 3.22. The van der Waals surface area contributed by atoms with E-state index < -0.39 is 16.0 Å². The summed E-state index contributed by atoms with van der Waals surface area (Å²) in [5.41, 5.74) is 0.972. The van der Waals surface area contributed by atoms with E-state index in [9.17, 15) is 13.2 Å². The minimum absolute atomic E-state index is 0.0612. The van der Waals surface area contributed by atoms with Crippen LogP contribution in [0.3, 0.4) is 0 Å². The third-order valence-corrected chi connectivity index (χ3v) is 4.28. The molecule has 1 heterocycles. The van der Waals surface area contributed by atoms with Crippen LogP contribution in [0.25, 0.3) is 0 Å². The number of nitrogens with zero attached hydrogens (tertiary/aromatic N) is 2. The van der Waals surface area contributed by atoms with Gasteiger partial charge in [-0.2, -0.15) is 5.10 Å². The van der Waals surface area contributed by atoms with E-state index in [1.807, 2.05) is 6.92 Å². The molecule has 0 spiro atoms. The number of carboxylic acid groups (broad SMARTS) is 1. The van der Waals surface area contributed by atoms with Crippen molar-refractivity contribution in [3.8, 4) is 0 Å². The fraction of sp³-hybridized carbons (Fsp3) is 0.231. The minimum atomic E-state index is -3.74. The topological polar surface area (TPSA) is 101 Å². The van der Waals surface area contributed by atoms with Crippen molar-refractivity contribution >= 4 is 21.7 Å². The molecule has 2 N–H and O–H groups in total. The van der Waals surface area contributed by atoms with E-state index in [2.05, 4.69) is 9.82 Å². The Morgan fingerprint density at radius 1 is 1.43 bits per heavy atom. The first-order chi connectivity index (χ1) is 9.83. The summed E-state index contributed by atoms with van der Waals surface area (Å²) >= 11 is 0. The number of carboxylic acids is 1. The van der Waals surface area contributed by atoms with Crippen molar-refractivity contribution < 1.29 is 18.3 Å². The maximum Gasteiger partial charge on any atom is 0.335 e. The summed E-state index contributed by atoms with van der Waals surface area (Å²) in [5.74, 6) is -1.06. The van der Waals surface area contributed by atoms with Crippen molar-refractivity contribution in [2.45, 2.75) is 25.3 Å². The summed E-state index contributed by atoms with van der Waals surface area (Å²) in [5, 5.41) is 12.8. The first kappa shape index (κ1) is 15.0. The van der Waals surface area contributed by atoms with Gasteiger partial charge in [0.1, 0.15) is 4.90 Å². The zero-order chi connectivity index (χ0) is 15.6. The Hall–Kier alpha value is -2.35. The average Bonchev–Trinajstić information content (AvgIpc) is 2.90. The molecule has 0 saturated heterocycles. The number of hydrogen-bond acceptors (Lipinski definition) is 4. The van der Waals surface area contributed by atoms with Gasteiger partial charge in [-0.15, -0.1) is 0 Å². The number of aromatic carboxylic acids is 1. The molecule has 1 aromatic carbocycles. The molecule has 0 bridgehead atoms. The van der Waals surface area contributed by atoms with E-state index >= 15 is 0 Å². The highest BCUT2D eigenvalue weighted by Crippen LogP contribution is 2.20. The predicted molar refractivity (Wildman–Crippen MR) is 76.8 cm³/mol. The fourth-order valence-corrected chi connectivity index (χ4v) is 2.85. The Bertz CT molecular complexity index is 780. The molecule has 7 nitrogen and oxygen atoms in total. The molecule has 21 heavy (non-hydrogen) atoms. The SMILES string of the molecule is CCn1cc(S(=O)(=O)Nc2ccc(C(=O)O)cc2C)cn1. The van der Waals surface area contributed by atoms with Gasteiger partial charge in [0, 0.05) is 12.7 Å². The molecule has 0 aliphatic carbocycles. The lowest BCUT2D eigenvalue weighted by Crippen LogP contribution is -2.13. The molecule has 112 valence electrons. The Labute approximate surface area is 122 Å². The van der Waals surface area contributed by atoms with Gasteiger partial charge in [0.15, 0.2) is 0 Å². The predicted octanol–water partition coefficient (Wildman–Crippen LogP) is 1.71. The van der Waals surface area contributed by atoms with Crippen LogP contribution >= 0.6 is 0 Å². The second-order valence-electron chi connectivity index (χ2n) is 4.47. The van der Waals surface area contributed by atoms with Crippen LogP contribution in [0.5, 0.6) is 0 Å². The van der Waals surface area contributed by atoms with Crippen LogP contribution in [0.4, 0.5) is 5.69 Å². The Morgan fingerprint density at radius 3 is 2.67 bits per heavy atom. The number of carbonyl (C=O) groups is 1. The molecule has 0 fully saturated rings. The minimum Gasteiger partial charge on any atom is -0.478 e. The fourth-order valence-electron chi connectivity index (χ4n) is 1.77. The maximum atomic E-state index is 12.2. The molecule has 2 rings (SSSR count). The number of nitrogens with one attached hydrogen (secondary N) is 1. The van der Waals surface area contributed by atoms with Gasteiger partial charge in [-0.3, -0.25) is 9.40 Å². The summed E-state index contributed by atoms with van der Waals surface area (Å²) in [7, 11) is -3.74. The summed E-state index contributed by atoms with van der Waals surface area (Å²) in [6, 6.07) is 4.19. The molecule has 0 amide bonds. The molecule has 0 saturated carbocycles. The lowest BCUT2D eigenvalue weighted by Gasteiger charge is -2.09. The van der Waals surface area contributed by atoms with E-state index in [4.69, 9.17) is 5.11 Å². The number of anilines is 1. The third-order valence-electron chi connectivity index (χ3n) is 2.96. The summed E-state index contributed by atoms with van der Waals surface area (Å²) < 4.78 is 28.4. The van der Waals surface area contributed by atoms with Crippen molar-refractivity contribution in [3.63, 3.8) is 0 Å². The second kappa shape index (κ2) is 5.57. The van der Waals surface area contributed by atoms with Crippen LogP contribution in [-0.4, -0.2) is 29.3 Å². The maximum absolute atomic E-state index is 12.2. The monoisotopic (exact) mass is 309 g/mol. The van der Waals surface area contributed by atoms with Gasteiger partial charge in [0.2, 0.25) is 0 Å². The number of aryl methyl sites for hydroxylation is 2. The first-order valence-corrected chi connectivity index (χ1v) is 7.71. The van der Waals surface area contributed by atoms with Gasteiger partial charge in [-0.1, -0.05) is 0 Å². The van der Waals surface area contributed by atoms with Gasteiger partial charge in [0.25, 0.3) is 10.0 Å². The molecule has 0 aliphatic heterocycles. The molecule has 0 radical (unpaired) electrons. The number of hydrogen-bond donors (Lipinski definition) is 2. The molecule has 2 aromatic rings. The van der Waals surface area contributed by atoms with Crippen LogP contribution < -0.4 is 4.72 Å². The smallest absolute Gasteiger partial charge is 0.335 e. The van der Waals surface area contributed by atoms with Crippen LogP contribution in [0.1, 0.15) is 22.8 Å². The highest BCUT2D eigenvalue weighted by atomic mass is 32.2. The van der Waals surface area contributed by atoms with Gasteiger partial charge in [0.05, 0.1) is 17.4 Å². The number of aromatic nitrogens is 2. The highest BCUT2D eigenvalue weighted by molar-refractivity contribution is 7.92. The van der Waals surface area contributed by atoms with Crippen molar-refractivity contribution in [2.24, 2.45) is 0 Å². The molecular weight excluding hydrogens is 294 g/mol. The molecule has 1 aromatic heterocycles. The molecule has 8 heteroatoms. The van der Waals surface area contributed by atoms with E-state index in [-0.39, 0.29) is 10.5 Å². The van der Waals surface area contributed by atoms with Crippen LogP contribution in [0.15, 0.2) is 35.5 Å². The van der Waals surface area contributed by atoms with Crippen molar-refractivity contribution in [1.82, 2.24) is 9.78 Å². The van der Waals surface area contributed by atoms with Crippen molar-refractivity contribution in [3.05, 3.63) is 41.7 Å². The number of benzene rings is 1. The Balaban J connectivity index is 2.30. The quantitative estimate of drug-likeness (QED) is 0.875. The van der Waals surface area contributed by atoms with Crippen LogP contribution in [0, 0.1) is 6.92 Å². The Kier molecular flexibility index (Phi) is 3.99. The van der Waals surface area contributed by atoms with E-state index in [0.29, 0.717) is 17.8 Å². The summed E-state index contributed by atoms with van der Waals surface area (Å²) in [4.78, 5) is 10.9. The van der Waals surface area contributed by atoms with Crippen molar-refractivity contribution in [2.75, 3.05) is 4.72 Å². The van der Waals surface area contributed by atoms with Gasteiger partial charge in [-0.25, -0.2) is 13.2 Å². The number of sulfonamides is 1. The molecule has 0 atom stereocenters. The van der Waals surface area contributed by atoms with E-state index in [1.54, 1.807) is 6.92 Å². The van der Waals surface area contributed by atoms with E-state index in [1.165, 1.54) is 35.3 Å². The molecular formula is C13H15N3O4S. The lowest BCUT2D eigenvalue weighted by molar-refractivity contribution is 0.0697. The van der Waals surface area contributed by atoms with Gasteiger partial charge >= 0.3 is 5.97 Å². The average molecular weight is 309 g/mol. The Morgan fingerprint density at radius 2 is 2.14 bits per heavy atom. The molecule has 0 unspecified atom stereocenters. The van der Waals surface area contributed by atoms with Crippen LogP contribution in [0.2, 0.25) is 0 Å². The summed E-state index contributed by atoms with van der Waals surface area (Å²) in [6.07, 6.45) is 2.70. The standard InChI is InChI=1S/C13H15N3O4S/c1-3-16-8-11(7-14-16)21(19,20)15-12-5-4-10(13(17)18)6-9(12)2/h4-8,15H,3H2,1-2H3,(H,17,18). The molecule has 0 aliphatic rings. The summed E-state index contributed by atoms with van der Waals surface area (Å²) in [6.45, 7) is 4.06. The number of rotatable bonds is 5. The van der Waals surface area contributed by atoms with Crippen LogP contribution in [-0.2, 0) is 16.6 Å². The highest BCUT2D eigenvalue weighted by Gasteiger charge is 2.18. The zero-order valence-electron chi connectivity index (χ0n) is 11.6. The zero-order valence-corrected chi connectivity index (χ0v) is 12.4. The lowest BCUT2D eigenvalue weighted by atomic mass is 10.1. The van der Waals surface area contributed by atoms with Crippen molar-refractivity contribution in [1.29, 1.82) is 0 Å². The van der Waals surface area contributed by atoms with Gasteiger partial charge < -0.3 is 5.11 Å². The first-order valence-electron chi connectivity index (χ1n) is 6.22. The van der Waals surface area contributed by atoms with E-state index in [0.717, 1.165) is 0 Å². The van der Waals surface area contributed by atoms with Gasteiger partial charge in [-0.05, 0) is 37.6 Å².